The molecular formula is C22H16F3N3O2. The van der Waals surface area contributed by atoms with Crippen LogP contribution in [0.3, 0.4) is 0 Å². The molecule has 3 aromatic rings. The van der Waals surface area contributed by atoms with Crippen LogP contribution in [-0.4, -0.2) is 23.3 Å². The van der Waals surface area contributed by atoms with Crippen molar-refractivity contribution in [3.63, 3.8) is 0 Å². The van der Waals surface area contributed by atoms with Crippen LogP contribution in [0.25, 0.3) is 0 Å². The Morgan fingerprint density at radius 1 is 1.00 bits per heavy atom. The number of alkyl halides is 3. The summed E-state index contributed by atoms with van der Waals surface area (Å²) in [6, 6.07) is 12.6. The van der Waals surface area contributed by atoms with Crippen LogP contribution in [0.5, 0.6) is 0 Å². The molecule has 0 bridgehead atoms. The second kappa shape index (κ2) is 7.62. The first-order valence-corrected chi connectivity index (χ1v) is 9.16. The van der Waals surface area contributed by atoms with Gasteiger partial charge in [-0.05, 0) is 60.5 Å². The summed E-state index contributed by atoms with van der Waals surface area (Å²) in [7, 11) is 0. The highest BCUT2D eigenvalue weighted by molar-refractivity contribution is 6.08. The minimum absolute atomic E-state index is 0.104. The summed E-state index contributed by atoms with van der Waals surface area (Å²) in [6.07, 6.45) is -0.687. The summed E-state index contributed by atoms with van der Waals surface area (Å²) >= 11 is 0. The number of hydrogen-bond donors (Lipinski definition) is 1. The summed E-state index contributed by atoms with van der Waals surface area (Å²) in [5.41, 5.74) is 1.86. The van der Waals surface area contributed by atoms with E-state index >= 15 is 0 Å². The van der Waals surface area contributed by atoms with Crippen LogP contribution in [0, 0.1) is 0 Å². The van der Waals surface area contributed by atoms with E-state index in [1.54, 1.807) is 35.4 Å². The number of nitrogens with one attached hydrogen (secondary N) is 1. The Balaban J connectivity index is 1.53. The lowest BCUT2D eigenvalue weighted by Gasteiger charge is -2.18. The SMILES string of the molecule is O=C(Nc1ccc2c(c1)N(C(=O)c1cccnc1)CC2)c1ccc(C(F)(F)F)cc1. The Morgan fingerprint density at radius 2 is 1.77 bits per heavy atom. The van der Waals surface area contributed by atoms with Crippen LogP contribution < -0.4 is 10.2 Å². The Bertz CT molecular complexity index is 1100. The molecule has 0 saturated carbocycles. The van der Waals surface area contributed by atoms with Gasteiger partial charge >= 0.3 is 6.18 Å². The number of carbonyl (C=O) groups is 2. The third kappa shape index (κ3) is 3.89. The van der Waals surface area contributed by atoms with Crippen LogP contribution in [0.1, 0.15) is 31.8 Å². The molecule has 1 aromatic heterocycles. The van der Waals surface area contributed by atoms with Crippen molar-refractivity contribution in [1.82, 2.24) is 4.98 Å². The van der Waals surface area contributed by atoms with E-state index in [4.69, 9.17) is 0 Å². The van der Waals surface area contributed by atoms with Crippen LogP contribution in [-0.2, 0) is 12.6 Å². The first-order chi connectivity index (χ1) is 14.3. The molecule has 30 heavy (non-hydrogen) atoms. The van der Waals surface area contributed by atoms with Crippen molar-refractivity contribution >= 4 is 23.2 Å². The van der Waals surface area contributed by atoms with Gasteiger partial charge in [-0.2, -0.15) is 13.2 Å². The lowest BCUT2D eigenvalue weighted by atomic mass is 10.1. The van der Waals surface area contributed by atoms with Crippen molar-refractivity contribution in [1.29, 1.82) is 0 Å². The van der Waals surface area contributed by atoms with Gasteiger partial charge in [0.15, 0.2) is 0 Å². The number of anilines is 2. The Kier molecular flexibility index (Phi) is 4.99. The number of halogens is 3. The van der Waals surface area contributed by atoms with Gasteiger partial charge in [-0.1, -0.05) is 6.07 Å². The van der Waals surface area contributed by atoms with Gasteiger partial charge in [-0.3, -0.25) is 14.6 Å². The third-order valence-corrected chi connectivity index (χ3v) is 4.87. The number of fused-ring (bicyclic) bond motifs is 1. The Labute approximate surface area is 170 Å². The van der Waals surface area contributed by atoms with Crippen molar-refractivity contribution in [2.24, 2.45) is 0 Å². The lowest BCUT2D eigenvalue weighted by molar-refractivity contribution is -0.137. The number of aromatic nitrogens is 1. The summed E-state index contributed by atoms with van der Waals surface area (Å²) in [6.45, 7) is 0.513. The quantitative estimate of drug-likeness (QED) is 0.688. The average molecular weight is 411 g/mol. The summed E-state index contributed by atoms with van der Waals surface area (Å²) < 4.78 is 38.0. The van der Waals surface area contributed by atoms with Gasteiger partial charge in [-0.25, -0.2) is 0 Å². The molecule has 8 heteroatoms. The largest absolute Gasteiger partial charge is 0.416 e. The predicted octanol–water partition coefficient (Wildman–Crippen LogP) is 4.56. The predicted molar refractivity (Wildman–Crippen MR) is 105 cm³/mol. The number of rotatable bonds is 3. The standard InChI is InChI=1S/C22H16F3N3O2/c23-22(24,25)17-6-3-15(4-7-17)20(29)27-18-8-5-14-9-11-28(19(14)12-18)21(30)16-2-1-10-26-13-16/h1-8,10,12-13H,9,11H2,(H,27,29). The van der Waals surface area contributed by atoms with E-state index in [-0.39, 0.29) is 11.5 Å². The maximum absolute atomic E-state index is 12.8. The monoisotopic (exact) mass is 411 g/mol. The van der Waals surface area contributed by atoms with Crippen molar-refractivity contribution in [2.45, 2.75) is 12.6 Å². The molecule has 1 N–H and O–H groups in total. The molecule has 152 valence electrons. The van der Waals surface area contributed by atoms with E-state index in [1.165, 1.54) is 6.20 Å². The normalized spacial score (nSPS) is 13.1. The van der Waals surface area contributed by atoms with Crippen molar-refractivity contribution in [3.8, 4) is 0 Å². The molecule has 1 aliphatic rings. The molecule has 0 unspecified atom stereocenters. The van der Waals surface area contributed by atoms with E-state index in [0.29, 0.717) is 29.9 Å². The van der Waals surface area contributed by atoms with Gasteiger partial charge < -0.3 is 10.2 Å². The molecule has 0 radical (unpaired) electrons. The van der Waals surface area contributed by atoms with Crippen molar-refractivity contribution in [2.75, 3.05) is 16.8 Å². The molecule has 2 heterocycles. The molecule has 1 aliphatic heterocycles. The molecule has 4 rings (SSSR count). The van der Waals surface area contributed by atoms with Crippen LogP contribution in [0.4, 0.5) is 24.5 Å². The second-order valence-electron chi connectivity index (χ2n) is 6.82. The topological polar surface area (TPSA) is 62.3 Å². The van der Waals surface area contributed by atoms with Crippen molar-refractivity contribution < 1.29 is 22.8 Å². The van der Waals surface area contributed by atoms with E-state index in [0.717, 1.165) is 29.8 Å². The van der Waals surface area contributed by atoms with Gasteiger partial charge in [0, 0.05) is 35.9 Å². The highest BCUT2D eigenvalue weighted by Crippen LogP contribution is 2.32. The molecule has 0 saturated heterocycles. The molecule has 0 fully saturated rings. The summed E-state index contributed by atoms with van der Waals surface area (Å²) in [5.74, 6) is -0.722. The van der Waals surface area contributed by atoms with Crippen molar-refractivity contribution in [3.05, 3.63) is 89.2 Å². The fraction of sp³-hybridized carbons (Fsp3) is 0.136. The first kappa shape index (κ1) is 19.6. The summed E-state index contributed by atoms with van der Waals surface area (Å²) in [5, 5.41) is 2.67. The van der Waals surface area contributed by atoms with Gasteiger partial charge in [0.1, 0.15) is 0 Å². The van der Waals surface area contributed by atoms with Gasteiger partial charge in [0.25, 0.3) is 11.8 Å². The fourth-order valence-electron chi connectivity index (χ4n) is 3.33. The number of nitrogens with zero attached hydrogens (tertiary/aromatic N) is 2. The number of hydrogen-bond acceptors (Lipinski definition) is 3. The number of benzene rings is 2. The fourth-order valence-corrected chi connectivity index (χ4v) is 3.33. The molecule has 5 nitrogen and oxygen atoms in total. The number of amides is 2. The van der Waals surface area contributed by atoms with E-state index in [1.807, 2.05) is 6.07 Å². The molecule has 0 spiro atoms. The van der Waals surface area contributed by atoms with Crippen LogP contribution >= 0.6 is 0 Å². The Morgan fingerprint density at radius 3 is 2.43 bits per heavy atom. The highest BCUT2D eigenvalue weighted by Gasteiger charge is 2.30. The number of pyridine rings is 1. The maximum Gasteiger partial charge on any atom is 0.416 e. The minimum atomic E-state index is -4.46. The molecule has 2 amide bonds. The first-order valence-electron chi connectivity index (χ1n) is 9.16. The van der Waals surface area contributed by atoms with Gasteiger partial charge in [0.05, 0.1) is 11.1 Å². The van der Waals surface area contributed by atoms with Gasteiger partial charge in [-0.15, -0.1) is 0 Å². The molecular weight excluding hydrogens is 395 g/mol. The van der Waals surface area contributed by atoms with E-state index in [2.05, 4.69) is 10.3 Å². The maximum atomic E-state index is 12.8. The molecule has 2 aromatic carbocycles. The van der Waals surface area contributed by atoms with Crippen LogP contribution in [0.2, 0.25) is 0 Å². The van der Waals surface area contributed by atoms with Crippen LogP contribution in [0.15, 0.2) is 67.0 Å². The van der Waals surface area contributed by atoms with E-state index in [9.17, 15) is 22.8 Å². The minimum Gasteiger partial charge on any atom is -0.322 e. The zero-order valence-corrected chi connectivity index (χ0v) is 15.6. The lowest BCUT2D eigenvalue weighted by Crippen LogP contribution is -2.29. The second-order valence-corrected chi connectivity index (χ2v) is 6.82. The van der Waals surface area contributed by atoms with E-state index < -0.39 is 17.6 Å². The summed E-state index contributed by atoms with van der Waals surface area (Å²) in [4.78, 5) is 30.8. The smallest absolute Gasteiger partial charge is 0.322 e. The zero-order valence-electron chi connectivity index (χ0n) is 15.6. The Hall–Kier alpha value is -3.68. The zero-order chi connectivity index (χ0) is 21.3. The third-order valence-electron chi connectivity index (χ3n) is 4.87. The molecule has 0 aliphatic carbocycles. The number of carbonyl (C=O) groups excluding carboxylic acids is 2. The highest BCUT2D eigenvalue weighted by atomic mass is 19.4. The van der Waals surface area contributed by atoms with Gasteiger partial charge in [0.2, 0.25) is 0 Å². The average Bonchev–Trinajstić information content (AvgIpc) is 3.16. The molecule has 0 atom stereocenters.